The summed E-state index contributed by atoms with van der Waals surface area (Å²) in [6, 6.07) is 17.1. The van der Waals surface area contributed by atoms with Crippen molar-refractivity contribution >= 4 is 21.8 Å². The van der Waals surface area contributed by atoms with E-state index < -0.39 is 22.2 Å². The number of rotatable bonds is 12. The van der Waals surface area contributed by atoms with Gasteiger partial charge in [0.15, 0.2) is 0 Å². The SMILES string of the molecule is N#CCNc1cccc(S(=O)(=O)N(CC(O)CNC(=O)OCc2ccccc2)OC2CCCC2)c1. The lowest BCUT2D eigenvalue weighted by Gasteiger charge is -2.27. The van der Waals surface area contributed by atoms with Crippen LogP contribution in [0.5, 0.6) is 0 Å². The minimum Gasteiger partial charge on any atom is -0.445 e. The van der Waals surface area contributed by atoms with Gasteiger partial charge in [0.2, 0.25) is 0 Å². The zero-order valence-corrected chi connectivity index (χ0v) is 20.1. The predicted octanol–water partition coefficient (Wildman–Crippen LogP) is 2.77. The highest BCUT2D eigenvalue weighted by Crippen LogP contribution is 2.26. The number of aliphatic hydroxyl groups excluding tert-OH is 1. The number of carbonyl (C=O) groups is 1. The number of sulfonamides is 1. The molecule has 3 rings (SSSR count). The fraction of sp³-hybridized carbons (Fsp3) is 0.417. The fourth-order valence-corrected chi connectivity index (χ4v) is 4.96. The summed E-state index contributed by atoms with van der Waals surface area (Å²) in [6.45, 7) is -0.508. The van der Waals surface area contributed by atoms with E-state index in [2.05, 4.69) is 10.6 Å². The minimum atomic E-state index is -4.13. The minimum absolute atomic E-state index is 0.0244. The summed E-state index contributed by atoms with van der Waals surface area (Å²) in [4.78, 5) is 17.8. The lowest BCUT2D eigenvalue weighted by molar-refractivity contribution is -0.142. The highest BCUT2D eigenvalue weighted by Gasteiger charge is 2.32. The number of anilines is 1. The average molecular weight is 503 g/mol. The molecule has 0 spiro atoms. The van der Waals surface area contributed by atoms with Crippen molar-refractivity contribution in [1.82, 2.24) is 9.79 Å². The van der Waals surface area contributed by atoms with E-state index in [1.165, 1.54) is 12.1 Å². The van der Waals surface area contributed by atoms with Crippen LogP contribution < -0.4 is 10.6 Å². The lowest BCUT2D eigenvalue weighted by Crippen LogP contribution is -2.44. The molecule has 1 aliphatic carbocycles. The van der Waals surface area contributed by atoms with Crippen LogP contribution in [0.3, 0.4) is 0 Å². The smallest absolute Gasteiger partial charge is 0.407 e. The zero-order valence-electron chi connectivity index (χ0n) is 19.3. The Balaban J connectivity index is 1.62. The van der Waals surface area contributed by atoms with Crippen molar-refractivity contribution in [2.75, 3.05) is 25.0 Å². The van der Waals surface area contributed by atoms with Gasteiger partial charge in [0, 0.05) is 12.2 Å². The zero-order chi connectivity index (χ0) is 25.1. The number of ether oxygens (including phenoxy) is 1. The first-order valence-corrected chi connectivity index (χ1v) is 12.9. The Labute approximate surface area is 205 Å². The van der Waals surface area contributed by atoms with Gasteiger partial charge >= 0.3 is 6.09 Å². The quantitative estimate of drug-likeness (QED) is 0.297. The fourth-order valence-electron chi connectivity index (χ4n) is 3.60. The Morgan fingerprint density at radius 3 is 2.63 bits per heavy atom. The molecule has 0 aliphatic heterocycles. The summed E-state index contributed by atoms with van der Waals surface area (Å²) >= 11 is 0. The molecule has 1 fully saturated rings. The van der Waals surface area contributed by atoms with Gasteiger partial charge in [-0.05, 0) is 36.6 Å². The summed E-state index contributed by atoms with van der Waals surface area (Å²) in [7, 11) is -4.13. The molecule has 1 atom stereocenters. The summed E-state index contributed by atoms with van der Waals surface area (Å²) < 4.78 is 32.6. The van der Waals surface area contributed by atoms with Crippen molar-refractivity contribution in [1.29, 1.82) is 5.26 Å². The van der Waals surface area contributed by atoms with E-state index in [0.717, 1.165) is 35.7 Å². The van der Waals surface area contributed by atoms with Crippen molar-refractivity contribution in [3.05, 3.63) is 60.2 Å². The molecule has 1 unspecified atom stereocenters. The number of hydroxylamine groups is 1. The van der Waals surface area contributed by atoms with Gasteiger partial charge in [0.05, 0.1) is 29.7 Å². The van der Waals surface area contributed by atoms with Crippen LogP contribution in [0.25, 0.3) is 0 Å². The third-order valence-corrected chi connectivity index (χ3v) is 7.02. The van der Waals surface area contributed by atoms with Crippen molar-refractivity contribution in [2.24, 2.45) is 0 Å². The average Bonchev–Trinajstić information content (AvgIpc) is 3.38. The summed E-state index contributed by atoms with van der Waals surface area (Å²) in [6.07, 6.45) is 1.06. The van der Waals surface area contributed by atoms with Crippen LogP contribution in [0.1, 0.15) is 31.2 Å². The molecule has 0 heterocycles. The number of alkyl carbamates (subject to hydrolysis) is 1. The summed E-state index contributed by atoms with van der Waals surface area (Å²) in [5.41, 5.74) is 1.29. The maximum absolute atomic E-state index is 13.4. The van der Waals surface area contributed by atoms with E-state index in [1.807, 2.05) is 36.4 Å². The van der Waals surface area contributed by atoms with Crippen LogP contribution in [0, 0.1) is 11.3 Å². The predicted molar refractivity (Wildman–Crippen MR) is 128 cm³/mol. The molecular weight excluding hydrogens is 472 g/mol. The Hall–Kier alpha value is -3.17. The molecule has 1 aliphatic rings. The maximum atomic E-state index is 13.4. The van der Waals surface area contributed by atoms with E-state index in [4.69, 9.17) is 14.8 Å². The number of aliphatic hydroxyl groups is 1. The molecule has 1 amide bonds. The van der Waals surface area contributed by atoms with E-state index in [1.54, 1.807) is 12.1 Å². The standard InChI is InChI=1S/C24H30N4O6S/c25-13-14-26-20-9-6-12-23(15-20)35(31,32)28(34-22-10-4-5-11-22)17-21(29)16-27-24(30)33-18-19-7-2-1-3-8-19/h1-3,6-9,12,15,21-22,26,29H,4-5,10-11,14,16-18H2,(H,27,30). The monoisotopic (exact) mass is 502 g/mol. The molecule has 0 bridgehead atoms. The number of nitrogens with one attached hydrogen (secondary N) is 2. The highest BCUT2D eigenvalue weighted by molar-refractivity contribution is 7.89. The largest absolute Gasteiger partial charge is 0.445 e. The summed E-state index contributed by atoms with van der Waals surface area (Å²) in [5, 5.41) is 24.5. The Bertz CT molecular complexity index is 1100. The molecule has 1 saturated carbocycles. The number of nitriles is 1. The summed E-state index contributed by atoms with van der Waals surface area (Å²) in [5.74, 6) is 0. The molecule has 10 nitrogen and oxygen atoms in total. The molecule has 0 radical (unpaired) electrons. The van der Waals surface area contributed by atoms with Gasteiger partial charge in [0.1, 0.15) is 13.2 Å². The van der Waals surface area contributed by atoms with Gasteiger partial charge in [-0.1, -0.05) is 53.7 Å². The van der Waals surface area contributed by atoms with E-state index >= 15 is 0 Å². The molecular formula is C24H30N4O6S. The second-order valence-corrected chi connectivity index (χ2v) is 9.97. The first kappa shape index (κ1) is 26.4. The van der Waals surface area contributed by atoms with Crippen molar-refractivity contribution in [3.63, 3.8) is 0 Å². The number of amides is 1. The van der Waals surface area contributed by atoms with Gasteiger partial charge in [-0.15, -0.1) is 0 Å². The van der Waals surface area contributed by atoms with Crippen molar-refractivity contribution in [2.45, 2.75) is 49.4 Å². The lowest BCUT2D eigenvalue weighted by atomic mass is 10.2. The molecule has 0 aromatic heterocycles. The van der Waals surface area contributed by atoms with E-state index in [9.17, 15) is 18.3 Å². The molecule has 0 saturated heterocycles. The van der Waals surface area contributed by atoms with Crippen molar-refractivity contribution < 1.29 is 27.9 Å². The second-order valence-electron chi connectivity index (χ2n) is 8.14. The number of benzene rings is 2. The topological polar surface area (TPSA) is 141 Å². The maximum Gasteiger partial charge on any atom is 0.407 e. The second kappa shape index (κ2) is 13.1. The molecule has 3 N–H and O–H groups in total. The van der Waals surface area contributed by atoms with Crippen LogP contribution >= 0.6 is 0 Å². The van der Waals surface area contributed by atoms with Gasteiger partial charge in [0.25, 0.3) is 10.0 Å². The van der Waals surface area contributed by atoms with Gasteiger partial charge in [-0.2, -0.15) is 5.26 Å². The van der Waals surface area contributed by atoms with Gasteiger partial charge in [-0.3, -0.25) is 4.84 Å². The number of hydrogen-bond donors (Lipinski definition) is 3. The number of nitrogens with zero attached hydrogens (tertiary/aromatic N) is 2. The Morgan fingerprint density at radius 2 is 1.91 bits per heavy atom. The highest BCUT2D eigenvalue weighted by atomic mass is 32.2. The normalized spacial score (nSPS) is 14.9. The third-order valence-electron chi connectivity index (χ3n) is 5.39. The molecule has 2 aromatic rings. The van der Waals surface area contributed by atoms with Crippen LogP contribution in [0.4, 0.5) is 10.5 Å². The van der Waals surface area contributed by atoms with Gasteiger partial charge in [-0.25, -0.2) is 13.2 Å². The van der Waals surface area contributed by atoms with E-state index in [0.29, 0.717) is 5.69 Å². The molecule has 188 valence electrons. The van der Waals surface area contributed by atoms with Crippen LogP contribution in [-0.2, 0) is 26.2 Å². The number of hydrogen-bond acceptors (Lipinski definition) is 8. The van der Waals surface area contributed by atoms with Crippen molar-refractivity contribution in [3.8, 4) is 6.07 Å². The third kappa shape index (κ3) is 8.22. The first-order valence-electron chi connectivity index (χ1n) is 11.4. The molecule has 11 heteroatoms. The van der Waals surface area contributed by atoms with Crippen LogP contribution in [0.15, 0.2) is 59.5 Å². The Kier molecular flexibility index (Phi) is 9.86. The number of carbonyl (C=O) groups excluding carboxylic acids is 1. The van der Waals surface area contributed by atoms with Gasteiger partial charge < -0.3 is 20.5 Å². The van der Waals surface area contributed by atoms with Crippen LogP contribution in [0.2, 0.25) is 0 Å². The first-order chi connectivity index (χ1) is 16.9. The molecule has 35 heavy (non-hydrogen) atoms. The van der Waals surface area contributed by atoms with E-state index in [-0.39, 0.29) is 37.2 Å². The molecule has 2 aromatic carbocycles. The Morgan fingerprint density at radius 1 is 1.17 bits per heavy atom. The van der Waals surface area contributed by atoms with Crippen LogP contribution in [-0.4, -0.2) is 55.9 Å².